The normalized spacial score (nSPS) is 12.4. The highest BCUT2D eigenvalue weighted by atomic mass is 14.8. The van der Waals surface area contributed by atoms with Gasteiger partial charge in [0, 0.05) is 29.8 Å². The van der Waals surface area contributed by atoms with Gasteiger partial charge >= 0.3 is 0 Å². The fourth-order valence-electron chi connectivity index (χ4n) is 1.42. The van der Waals surface area contributed by atoms with Crippen molar-refractivity contribution in [2.75, 3.05) is 0 Å². The number of pyridine rings is 1. The highest BCUT2D eigenvalue weighted by Gasteiger charge is 2.09. The Morgan fingerprint density at radius 1 is 1.20 bits per heavy atom. The highest BCUT2D eigenvalue weighted by Crippen LogP contribution is 2.17. The minimum atomic E-state index is -0.187. The first kappa shape index (κ1) is 9.73. The van der Waals surface area contributed by atoms with Crippen LogP contribution in [0, 0.1) is 6.92 Å². The molecule has 0 bridgehead atoms. The molecule has 0 radical (unpaired) electrons. The Labute approximate surface area is 88.2 Å². The van der Waals surface area contributed by atoms with Crippen molar-refractivity contribution < 1.29 is 0 Å². The fraction of sp³-hybridized carbons (Fsp3) is 0.182. The van der Waals surface area contributed by atoms with E-state index >= 15 is 0 Å². The molecule has 0 spiro atoms. The SMILES string of the molecule is Cc1cc(C(N)c2cncnc2)ccn1. The molecule has 76 valence electrons. The Morgan fingerprint density at radius 2 is 1.93 bits per heavy atom. The molecule has 2 heterocycles. The molecule has 0 saturated heterocycles. The largest absolute Gasteiger partial charge is 0.320 e. The molecular formula is C11H12N4. The van der Waals surface area contributed by atoms with Crippen molar-refractivity contribution in [3.8, 4) is 0 Å². The highest BCUT2D eigenvalue weighted by molar-refractivity contribution is 5.28. The molecule has 2 aromatic heterocycles. The second kappa shape index (κ2) is 4.14. The number of hydrogen-bond acceptors (Lipinski definition) is 4. The summed E-state index contributed by atoms with van der Waals surface area (Å²) < 4.78 is 0. The number of aryl methyl sites for hydroxylation is 1. The molecule has 2 rings (SSSR count). The Kier molecular flexibility index (Phi) is 2.69. The van der Waals surface area contributed by atoms with Gasteiger partial charge in [0.25, 0.3) is 0 Å². The van der Waals surface area contributed by atoms with Crippen LogP contribution in [0.25, 0.3) is 0 Å². The summed E-state index contributed by atoms with van der Waals surface area (Å²) in [6.07, 6.45) is 6.71. The van der Waals surface area contributed by atoms with E-state index in [0.717, 1.165) is 16.8 Å². The molecule has 2 N–H and O–H groups in total. The second-order valence-corrected chi connectivity index (χ2v) is 3.38. The monoisotopic (exact) mass is 200 g/mol. The Morgan fingerprint density at radius 3 is 2.60 bits per heavy atom. The molecule has 0 aliphatic rings. The van der Waals surface area contributed by atoms with E-state index in [0.29, 0.717) is 0 Å². The molecule has 0 amide bonds. The van der Waals surface area contributed by atoms with Gasteiger partial charge in [-0.05, 0) is 24.6 Å². The molecule has 0 fully saturated rings. The maximum atomic E-state index is 6.08. The van der Waals surface area contributed by atoms with Crippen LogP contribution < -0.4 is 5.73 Å². The van der Waals surface area contributed by atoms with Crippen LogP contribution in [0.3, 0.4) is 0 Å². The van der Waals surface area contributed by atoms with Crippen LogP contribution in [0.4, 0.5) is 0 Å². The molecule has 2 aromatic rings. The van der Waals surface area contributed by atoms with Crippen LogP contribution >= 0.6 is 0 Å². The van der Waals surface area contributed by atoms with Gasteiger partial charge < -0.3 is 5.73 Å². The summed E-state index contributed by atoms with van der Waals surface area (Å²) >= 11 is 0. The molecule has 15 heavy (non-hydrogen) atoms. The van der Waals surface area contributed by atoms with Crippen molar-refractivity contribution in [2.24, 2.45) is 5.73 Å². The maximum absolute atomic E-state index is 6.08. The first-order chi connectivity index (χ1) is 7.27. The molecule has 0 aliphatic heterocycles. The summed E-state index contributed by atoms with van der Waals surface area (Å²) in [6, 6.07) is 3.69. The molecule has 0 saturated carbocycles. The van der Waals surface area contributed by atoms with E-state index in [1.807, 2.05) is 19.1 Å². The first-order valence-electron chi connectivity index (χ1n) is 4.70. The van der Waals surface area contributed by atoms with Crippen molar-refractivity contribution in [1.29, 1.82) is 0 Å². The van der Waals surface area contributed by atoms with Crippen molar-refractivity contribution in [1.82, 2.24) is 15.0 Å². The van der Waals surface area contributed by atoms with E-state index in [4.69, 9.17) is 5.73 Å². The molecule has 1 atom stereocenters. The topological polar surface area (TPSA) is 64.7 Å². The Hall–Kier alpha value is -1.81. The lowest BCUT2D eigenvalue weighted by molar-refractivity contribution is 0.845. The lowest BCUT2D eigenvalue weighted by Gasteiger charge is -2.11. The van der Waals surface area contributed by atoms with Gasteiger partial charge in [0.05, 0.1) is 6.04 Å². The number of hydrogen-bond donors (Lipinski definition) is 1. The molecule has 1 unspecified atom stereocenters. The third kappa shape index (κ3) is 2.16. The zero-order valence-corrected chi connectivity index (χ0v) is 8.46. The maximum Gasteiger partial charge on any atom is 0.115 e. The van der Waals surface area contributed by atoms with E-state index in [2.05, 4.69) is 15.0 Å². The summed E-state index contributed by atoms with van der Waals surface area (Å²) in [4.78, 5) is 12.0. The summed E-state index contributed by atoms with van der Waals surface area (Å²) in [5.74, 6) is 0. The predicted molar refractivity (Wildman–Crippen MR) is 57.0 cm³/mol. The Bertz CT molecular complexity index is 441. The number of aromatic nitrogens is 3. The number of nitrogens with zero attached hydrogens (tertiary/aromatic N) is 3. The van der Waals surface area contributed by atoms with E-state index in [9.17, 15) is 0 Å². The van der Waals surface area contributed by atoms with Gasteiger partial charge in [0.15, 0.2) is 0 Å². The van der Waals surface area contributed by atoms with E-state index < -0.39 is 0 Å². The summed E-state index contributed by atoms with van der Waals surface area (Å²) in [7, 11) is 0. The van der Waals surface area contributed by atoms with Crippen LogP contribution in [0.5, 0.6) is 0 Å². The van der Waals surface area contributed by atoms with Crippen LogP contribution in [-0.4, -0.2) is 15.0 Å². The van der Waals surface area contributed by atoms with Gasteiger partial charge in [0.1, 0.15) is 6.33 Å². The number of nitrogens with two attached hydrogens (primary N) is 1. The second-order valence-electron chi connectivity index (χ2n) is 3.38. The molecule has 0 aliphatic carbocycles. The fourth-order valence-corrected chi connectivity index (χ4v) is 1.42. The summed E-state index contributed by atoms with van der Waals surface area (Å²) in [6.45, 7) is 1.94. The van der Waals surface area contributed by atoms with Crippen molar-refractivity contribution in [3.05, 3.63) is 53.9 Å². The van der Waals surface area contributed by atoms with Gasteiger partial charge in [0.2, 0.25) is 0 Å². The molecule has 0 aromatic carbocycles. The summed E-state index contributed by atoms with van der Waals surface area (Å²) in [5, 5.41) is 0. The van der Waals surface area contributed by atoms with Gasteiger partial charge in [-0.3, -0.25) is 4.98 Å². The van der Waals surface area contributed by atoms with Crippen LogP contribution in [-0.2, 0) is 0 Å². The molecule has 4 nitrogen and oxygen atoms in total. The smallest absolute Gasteiger partial charge is 0.115 e. The first-order valence-corrected chi connectivity index (χ1v) is 4.70. The zero-order chi connectivity index (χ0) is 10.7. The summed E-state index contributed by atoms with van der Waals surface area (Å²) in [5.41, 5.74) is 8.97. The van der Waals surface area contributed by atoms with Crippen molar-refractivity contribution >= 4 is 0 Å². The van der Waals surface area contributed by atoms with Crippen LogP contribution in [0.1, 0.15) is 22.9 Å². The Balaban J connectivity index is 2.32. The quantitative estimate of drug-likeness (QED) is 0.791. The molecular weight excluding hydrogens is 188 g/mol. The predicted octanol–water partition coefficient (Wildman–Crippen LogP) is 1.23. The van der Waals surface area contributed by atoms with Crippen LogP contribution in [0.15, 0.2) is 37.1 Å². The van der Waals surface area contributed by atoms with E-state index in [-0.39, 0.29) is 6.04 Å². The third-order valence-electron chi connectivity index (χ3n) is 2.22. The van der Waals surface area contributed by atoms with Crippen molar-refractivity contribution in [2.45, 2.75) is 13.0 Å². The van der Waals surface area contributed by atoms with Gasteiger partial charge in [-0.2, -0.15) is 0 Å². The average Bonchev–Trinajstić information content (AvgIpc) is 2.29. The van der Waals surface area contributed by atoms with Crippen LogP contribution in [0.2, 0.25) is 0 Å². The lowest BCUT2D eigenvalue weighted by atomic mass is 10.0. The number of rotatable bonds is 2. The van der Waals surface area contributed by atoms with Gasteiger partial charge in [-0.1, -0.05) is 0 Å². The van der Waals surface area contributed by atoms with E-state index in [1.54, 1.807) is 18.6 Å². The molecule has 4 heteroatoms. The van der Waals surface area contributed by atoms with Gasteiger partial charge in [-0.25, -0.2) is 9.97 Å². The standard InChI is InChI=1S/C11H12N4/c1-8-4-9(2-3-15-8)11(12)10-5-13-7-14-6-10/h2-7,11H,12H2,1H3. The average molecular weight is 200 g/mol. The van der Waals surface area contributed by atoms with Crippen molar-refractivity contribution in [3.63, 3.8) is 0 Å². The zero-order valence-electron chi connectivity index (χ0n) is 8.46. The minimum Gasteiger partial charge on any atom is -0.320 e. The van der Waals surface area contributed by atoms with E-state index in [1.165, 1.54) is 6.33 Å². The lowest BCUT2D eigenvalue weighted by Crippen LogP contribution is -2.12. The minimum absolute atomic E-state index is 0.187. The third-order valence-corrected chi connectivity index (χ3v) is 2.22. The van der Waals surface area contributed by atoms with Gasteiger partial charge in [-0.15, -0.1) is 0 Å².